The van der Waals surface area contributed by atoms with E-state index in [2.05, 4.69) is 0 Å². The van der Waals surface area contributed by atoms with E-state index in [4.69, 9.17) is 17.3 Å². The SMILES string of the molecule is CC(=O)c1ccc(N)cc1Sc1ccc(Cl)cc1. The number of nitrogen functional groups attached to an aromatic ring is 1. The smallest absolute Gasteiger partial charge is 0.160 e. The maximum Gasteiger partial charge on any atom is 0.160 e. The number of Topliss-reactive ketones (excluding diaryl/α,β-unsaturated/α-hetero) is 1. The van der Waals surface area contributed by atoms with Gasteiger partial charge in [0.25, 0.3) is 0 Å². The number of nitrogens with two attached hydrogens (primary N) is 1. The molecule has 2 aromatic carbocycles. The molecule has 2 aromatic rings. The standard InChI is InChI=1S/C14H12ClNOS/c1-9(17)13-7-4-11(16)8-14(13)18-12-5-2-10(15)3-6-12/h2-8H,16H2,1H3. The molecule has 0 aliphatic heterocycles. The van der Waals surface area contributed by atoms with Gasteiger partial charge in [-0.1, -0.05) is 23.4 Å². The molecule has 0 amide bonds. The van der Waals surface area contributed by atoms with Crippen molar-refractivity contribution in [3.8, 4) is 0 Å². The number of carbonyl (C=O) groups is 1. The van der Waals surface area contributed by atoms with Gasteiger partial charge in [0.1, 0.15) is 0 Å². The third-order valence-corrected chi connectivity index (χ3v) is 3.74. The van der Waals surface area contributed by atoms with Crippen molar-refractivity contribution in [2.24, 2.45) is 0 Å². The fourth-order valence-electron chi connectivity index (χ4n) is 1.54. The van der Waals surface area contributed by atoms with Gasteiger partial charge in [0.15, 0.2) is 5.78 Å². The Morgan fingerprint density at radius 1 is 1.17 bits per heavy atom. The largest absolute Gasteiger partial charge is 0.399 e. The van der Waals surface area contributed by atoms with Gasteiger partial charge in [-0.15, -0.1) is 0 Å². The molecule has 92 valence electrons. The van der Waals surface area contributed by atoms with Crippen LogP contribution in [0.3, 0.4) is 0 Å². The molecule has 2 nitrogen and oxygen atoms in total. The maximum atomic E-state index is 11.5. The number of rotatable bonds is 3. The van der Waals surface area contributed by atoms with Crippen molar-refractivity contribution in [2.75, 3.05) is 5.73 Å². The quantitative estimate of drug-likeness (QED) is 0.673. The second-order valence-corrected chi connectivity index (χ2v) is 5.42. The highest BCUT2D eigenvalue weighted by atomic mass is 35.5. The molecule has 0 aliphatic carbocycles. The number of carbonyl (C=O) groups excluding carboxylic acids is 1. The second-order valence-electron chi connectivity index (χ2n) is 3.87. The fourth-order valence-corrected chi connectivity index (χ4v) is 2.71. The number of halogens is 1. The number of hydrogen-bond acceptors (Lipinski definition) is 3. The first kappa shape index (κ1) is 13.0. The van der Waals surface area contributed by atoms with Crippen molar-refractivity contribution in [3.05, 3.63) is 53.1 Å². The van der Waals surface area contributed by atoms with E-state index in [0.717, 1.165) is 9.79 Å². The molecule has 2 N–H and O–H groups in total. The number of anilines is 1. The van der Waals surface area contributed by atoms with Gasteiger partial charge >= 0.3 is 0 Å². The van der Waals surface area contributed by atoms with E-state index in [9.17, 15) is 4.79 Å². The van der Waals surface area contributed by atoms with Crippen molar-refractivity contribution in [1.29, 1.82) is 0 Å². The molecular weight excluding hydrogens is 266 g/mol. The predicted molar refractivity (Wildman–Crippen MR) is 76.4 cm³/mol. The summed E-state index contributed by atoms with van der Waals surface area (Å²) in [7, 11) is 0. The van der Waals surface area contributed by atoms with E-state index < -0.39 is 0 Å². The summed E-state index contributed by atoms with van der Waals surface area (Å²) >= 11 is 7.34. The van der Waals surface area contributed by atoms with E-state index in [1.807, 2.05) is 30.3 Å². The Balaban J connectivity index is 2.35. The Morgan fingerprint density at radius 3 is 2.44 bits per heavy atom. The average Bonchev–Trinajstić information content (AvgIpc) is 2.32. The number of ketones is 1. The second kappa shape index (κ2) is 5.46. The molecule has 4 heteroatoms. The van der Waals surface area contributed by atoms with Gasteiger partial charge in [-0.05, 0) is 49.4 Å². The molecule has 2 rings (SSSR count). The fraction of sp³-hybridized carbons (Fsp3) is 0.0714. The highest BCUT2D eigenvalue weighted by Crippen LogP contribution is 2.32. The van der Waals surface area contributed by atoms with Crippen molar-refractivity contribution in [1.82, 2.24) is 0 Å². The van der Waals surface area contributed by atoms with E-state index in [1.165, 1.54) is 11.8 Å². The monoisotopic (exact) mass is 277 g/mol. The summed E-state index contributed by atoms with van der Waals surface area (Å²) < 4.78 is 0. The summed E-state index contributed by atoms with van der Waals surface area (Å²) in [4.78, 5) is 13.4. The molecule has 0 aromatic heterocycles. The molecule has 0 radical (unpaired) electrons. The first-order valence-electron chi connectivity index (χ1n) is 5.40. The molecule has 0 heterocycles. The van der Waals surface area contributed by atoms with Crippen LogP contribution in [-0.2, 0) is 0 Å². The summed E-state index contributed by atoms with van der Waals surface area (Å²) in [6.45, 7) is 1.55. The van der Waals surface area contributed by atoms with Crippen LogP contribution < -0.4 is 5.73 Å². The van der Waals surface area contributed by atoms with Crippen LogP contribution in [0.15, 0.2) is 52.3 Å². The van der Waals surface area contributed by atoms with Gasteiger partial charge in [0.2, 0.25) is 0 Å². The van der Waals surface area contributed by atoms with Crippen LogP contribution in [0.5, 0.6) is 0 Å². The maximum absolute atomic E-state index is 11.5. The van der Waals surface area contributed by atoms with Gasteiger partial charge in [-0.25, -0.2) is 0 Å². The lowest BCUT2D eigenvalue weighted by atomic mass is 10.1. The molecule has 0 unspecified atom stereocenters. The molecule has 0 atom stereocenters. The summed E-state index contributed by atoms with van der Waals surface area (Å²) in [6.07, 6.45) is 0. The first-order valence-corrected chi connectivity index (χ1v) is 6.59. The topological polar surface area (TPSA) is 43.1 Å². The minimum absolute atomic E-state index is 0.0338. The molecule has 0 saturated carbocycles. The van der Waals surface area contributed by atoms with Crippen molar-refractivity contribution in [3.63, 3.8) is 0 Å². The zero-order chi connectivity index (χ0) is 13.1. The van der Waals surface area contributed by atoms with Crippen LogP contribution in [0, 0.1) is 0 Å². The third kappa shape index (κ3) is 3.06. The predicted octanol–water partition coefficient (Wildman–Crippen LogP) is 4.28. The minimum Gasteiger partial charge on any atom is -0.399 e. The Morgan fingerprint density at radius 2 is 1.83 bits per heavy atom. The molecule has 18 heavy (non-hydrogen) atoms. The lowest BCUT2D eigenvalue weighted by Gasteiger charge is -2.07. The number of hydrogen-bond donors (Lipinski definition) is 1. The third-order valence-electron chi connectivity index (χ3n) is 2.43. The first-order chi connectivity index (χ1) is 8.56. The van der Waals surface area contributed by atoms with E-state index in [1.54, 1.807) is 19.1 Å². The molecule has 0 fully saturated rings. The van der Waals surface area contributed by atoms with Gasteiger partial charge in [-0.2, -0.15) is 0 Å². The average molecular weight is 278 g/mol. The Bertz CT molecular complexity index is 581. The minimum atomic E-state index is 0.0338. The highest BCUT2D eigenvalue weighted by molar-refractivity contribution is 7.99. The molecule has 0 bridgehead atoms. The van der Waals surface area contributed by atoms with E-state index >= 15 is 0 Å². The van der Waals surface area contributed by atoms with Crippen LogP contribution >= 0.6 is 23.4 Å². The van der Waals surface area contributed by atoms with Crippen molar-refractivity contribution >= 4 is 34.8 Å². The summed E-state index contributed by atoms with van der Waals surface area (Å²) in [6, 6.07) is 12.8. The summed E-state index contributed by atoms with van der Waals surface area (Å²) in [5.74, 6) is 0.0338. The molecule has 0 spiro atoms. The lowest BCUT2D eigenvalue weighted by molar-refractivity contribution is 0.101. The Kier molecular flexibility index (Phi) is 3.94. The van der Waals surface area contributed by atoms with E-state index in [0.29, 0.717) is 16.3 Å². The van der Waals surface area contributed by atoms with Gasteiger partial charge < -0.3 is 5.73 Å². The lowest BCUT2D eigenvalue weighted by Crippen LogP contribution is -1.96. The molecule has 0 aliphatic rings. The summed E-state index contributed by atoms with van der Waals surface area (Å²) in [5, 5.41) is 0.693. The van der Waals surface area contributed by atoms with Gasteiger partial charge in [0, 0.05) is 26.1 Å². The van der Waals surface area contributed by atoms with Crippen LogP contribution in [0.1, 0.15) is 17.3 Å². The van der Waals surface area contributed by atoms with Crippen LogP contribution in [-0.4, -0.2) is 5.78 Å². The highest BCUT2D eigenvalue weighted by Gasteiger charge is 2.09. The van der Waals surface area contributed by atoms with Crippen molar-refractivity contribution in [2.45, 2.75) is 16.7 Å². The molecular formula is C14H12ClNOS. The van der Waals surface area contributed by atoms with Crippen LogP contribution in [0.4, 0.5) is 5.69 Å². The Hall–Kier alpha value is -1.45. The van der Waals surface area contributed by atoms with Crippen molar-refractivity contribution < 1.29 is 4.79 Å². The van der Waals surface area contributed by atoms with Crippen LogP contribution in [0.25, 0.3) is 0 Å². The Labute approximate surface area is 115 Å². The van der Waals surface area contributed by atoms with E-state index in [-0.39, 0.29) is 5.78 Å². The molecule has 0 saturated heterocycles. The van der Waals surface area contributed by atoms with Crippen LogP contribution in [0.2, 0.25) is 5.02 Å². The normalized spacial score (nSPS) is 10.3. The van der Waals surface area contributed by atoms with Gasteiger partial charge in [-0.3, -0.25) is 4.79 Å². The summed E-state index contributed by atoms with van der Waals surface area (Å²) in [5.41, 5.74) is 7.09. The zero-order valence-electron chi connectivity index (χ0n) is 9.81. The van der Waals surface area contributed by atoms with Gasteiger partial charge in [0.05, 0.1) is 0 Å². The zero-order valence-corrected chi connectivity index (χ0v) is 11.4. The number of benzene rings is 2.